The smallest absolute Gasteiger partial charge is 0.203 e. The Morgan fingerprint density at radius 2 is 1.73 bits per heavy atom. The van der Waals surface area contributed by atoms with Crippen LogP contribution in [0.2, 0.25) is 0 Å². The van der Waals surface area contributed by atoms with Gasteiger partial charge in [0.2, 0.25) is 5.75 Å². The molecule has 0 aromatic heterocycles. The van der Waals surface area contributed by atoms with Gasteiger partial charge in [-0.1, -0.05) is 18.2 Å². The highest BCUT2D eigenvalue weighted by Gasteiger charge is 2.36. The molecule has 1 saturated heterocycles. The Bertz CT molecular complexity index is 803. The highest BCUT2D eigenvalue weighted by atomic mass is 16.5. The van der Waals surface area contributed by atoms with Crippen molar-refractivity contribution in [2.45, 2.75) is 6.23 Å². The molecule has 26 heavy (non-hydrogen) atoms. The van der Waals surface area contributed by atoms with Crippen LogP contribution < -0.4 is 24.3 Å². The maximum atomic E-state index is 6.42. The van der Waals surface area contributed by atoms with Gasteiger partial charge in [-0.25, -0.2) is 0 Å². The Kier molecular flexibility index (Phi) is 4.61. The van der Waals surface area contributed by atoms with Crippen LogP contribution in [-0.2, 0) is 0 Å². The summed E-state index contributed by atoms with van der Waals surface area (Å²) in [5, 5.41) is 3.39. The first-order valence-corrected chi connectivity index (χ1v) is 8.82. The summed E-state index contributed by atoms with van der Waals surface area (Å²) in [6, 6.07) is 10.1. The van der Waals surface area contributed by atoms with E-state index in [1.165, 1.54) is 0 Å². The van der Waals surface area contributed by atoms with Crippen LogP contribution in [0.4, 0.5) is 0 Å². The van der Waals surface area contributed by atoms with E-state index in [0.29, 0.717) is 17.2 Å². The molecule has 1 unspecified atom stereocenters. The minimum atomic E-state index is -0.185. The summed E-state index contributed by atoms with van der Waals surface area (Å²) in [5.41, 5.74) is 3.06. The number of para-hydroxylation sites is 1. The van der Waals surface area contributed by atoms with Gasteiger partial charge in [0.15, 0.2) is 17.7 Å². The molecule has 0 amide bonds. The van der Waals surface area contributed by atoms with E-state index in [0.717, 1.165) is 48.6 Å². The van der Waals surface area contributed by atoms with Crippen LogP contribution in [0, 0.1) is 0 Å². The third kappa shape index (κ3) is 2.66. The molecular weight excluding hydrogens is 332 g/mol. The van der Waals surface area contributed by atoms with E-state index < -0.39 is 0 Å². The molecule has 2 heterocycles. The molecule has 0 saturated carbocycles. The van der Waals surface area contributed by atoms with Crippen molar-refractivity contribution in [3.05, 3.63) is 35.9 Å². The zero-order valence-corrected chi connectivity index (χ0v) is 15.4. The average molecular weight is 356 g/mol. The number of hydrogen-bond acceptors (Lipinski definition) is 6. The van der Waals surface area contributed by atoms with Gasteiger partial charge in [0, 0.05) is 42.9 Å². The SMILES string of the molecule is COc1cc2c(c(OC)c1OC)-c1ccccc1OC2N1CCNCC1. The Morgan fingerprint density at radius 1 is 1.00 bits per heavy atom. The van der Waals surface area contributed by atoms with Crippen molar-refractivity contribution < 1.29 is 18.9 Å². The fourth-order valence-electron chi connectivity index (χ4n) is 3.80. The van der Waals surface area contributed by atoms with Gasteiger partial charge in [-0.05, 0) is 12.1 Å². The zero-order valence-electron chi connectivity index (χ0n) is 15.4. The molecule has 0 aliphatic carbocycles. The van der Waals surface area contributed by atoms with E-state index in [2.05, 4.69) is 16.3 Å². The van der Waals surface area contributed by atoms with Crippen LogP contribution in [0.25, 0.3) is 11.1 Å². The number of nitrogens with one attached hydrogen (secondary N) is 1. The molecule has 6 heteroatoms. The first-order valence-electron chi connectivity index (χ1n) is 8.82. The topological polar surface area (TPSA) is 52.2 Å². The molecule has 0 spiro atoms. The van der Waals surface area contributed by atoms with Crippen molar-refractivity contribution in [2.75, 3.05) is 47.5 Å². The number of hydrogen-bond donors (Lipinski definition) is 1. The van der Waals surface area contributed by atoms with Crippen LogP contribution >= 0.6 is 0 Å². The zero-order chi connectivity index (χ0) is 18.1. The van der Waals surface area contributed by atoms with Crippen LogP contribution in [0.15, 0.2) is 30.3 Å². The monoisotopic (exact) mass is 356 g/mol. The third-order valence-electron chi connectivity index (χ3n) is 5.00. The Labute approximate surface area is 153 Å². The molecule has 2 aromatic rings. The van der Waals surface area contributed by atoms with E-state index in [4.69, 9.17) is 18.9 Å². The fourth-order valence-corrected chi connectivity index (χ4v) is 3.80. The highest BCUT2D eigenvalue weighted by molar-refractivity contribution is 5.84. The van der Waals surface area contributed by atoms with E-state index in [1.807, 2.05) is 24.3 Å². The lowest BCUT2D eigenvalue weighted by Crippen LogP contribution is -2.47. The lowest BCUT2D eigenvalue weighted by molar-refractivity contribution is 0.0131. The van der Waals surface area contributed by atoms with Crippen LogP contribution in [0.5, 0.6) is 23.0 Å². The maximum Gasteiger partial charge on any atom is 0.203 e. The summed E-state index contributed by atoms with van der Waals surface area (Å²) in [6.07, 6.45) is -0.185. The molecule has 1 N–H and O–H groups in total. The second-order valence-electron chi connectivity index (χ2n) is 6.36. The molecule has 2 aromatic carbocycles. The first-order chi connectivity index (χ1) is 12.8. The average Bonchev–Trinajstić information content (AvgIpc) is 2.72. The Balaban J connectivity index is 1.95. The predicted molar refractivity (Wildman–Crippen MR) is 99.3 cm³/mol. The second kappa shape index (κ2) is 7.05. The number of fused-ring (bicyclic) bond motifs is 3. The minimum absolute atomic E-state index is 0.185. The number of methoxy groups -OCH3 is 3. The van der Waals surface area contributed by atoms with Gasteiger partial charge < -0.3 is 24.3 Å². The minimum Gasteiger partial charge on any atom is -0.493 e. The molecule has 1 fully saturated rings. The maximum absolute atomic E-state index is 6.42. The summed E-state index contributed by atoms with van der Waals surface area (Å²) < 4.78 is 23.4. The van der Waals surface area contributed by atoms with Crippen molar-refractivity contribution in [3.63, 3.8) is 0 Å². The molecule has 2 aliphatic heterocycles. The highest BCUT2D eigenvalue weighted by Crippen LogP contribution is 2.54. The standard InChI is InChI=1S/C20H24N2O4/c1-23-16-12-14-17(19(25-3)18(16)24-2)13-6-4-5-7-15(13)26-20(14)22-10-8-21-9-11-22/h4-7,12,20-21H,8-11H2,1-3H3. The molecule has 4 rings (SSSR count). The Hall–Kier alpha value is -2.44. The normalized spacial score (nSPS) is 19.1. The van der Waals surface area contributed by atoms with E-state index in [-0.39, 0.29) is 6.23 Å². The van der Waals surface area contributed by atoms with E-state index in [1.54, 1.807) is 21.3 Å². The van der Waals surface area contributed by atoms with Gasteiger partial charge in [0.1, 0.15) is 5.75 Å². The largest absolute Gasteiger partial charge is 0.493 e. The predicted octanol–water partition coefficient (Wildman–Crippen LogP) is 2.68. The number of rotatable bonds is 4. The lowest BCUT2D eigenvalue weighted by atomic mass is 9.92. The number of benzene rings is 2. The fraction of sp³-hybridized carbons (Fsp3) is 0.400. The molecule has 6 nitrogen and oxygen atoms in total. The van der Waals surface area contributed by atoms with Gasteiger partial charge in [0.25, 0.3) is 0 Å². The summed E-state index contributed by atoms with van der Waals surface area (Å²) in [6.45, 7) is 3.73. The van der Waals surface area contributed by atoms with E-state index in [9.17, 15) is 0 Å². The first kappa shape index (κ1) is 17.0. The van der Waals surface area contributed by atoms with Crippen LogP contribution in [-0.4, -0.2) is 52.4 Å². The molecule has 138 valence electrons. The number of nitrogens with zero attached hydrogens (tertiary/aromatic N) is 1. The lowest BCUT2D eigenvalue weighted by Gasteiger charge is -2.39. The molecule has 0 radical (unpaired) electrons. The van der Waals surface area contributed by atoms with Gasteiger partial charge >= 0.3 is 0 Å². The van der Waals surface area contributed by atoms with Crippen molar-refractivity contribution in [1.29, 1.82) is 0 Å². The Morgan fingerprint density at radius 3 is 2.42 bits per heavy atom. The summed E-state index contributed by atoms with van der Waals surface area (Å²) in [7, 11) is 4.93. The van der Waals surface area contributed by atoms with Crippen molar-refractivity contribution in [3.8, 4) is 34.1 Å². The van der Waals surface area contributed by atoms with Crippen LogP contribution in [0.1, 0.15) is 11.8 Å². The van der Waals surface area contributed by atoms with Crippen LogP contribution in [0.3, 0.4) is 0 Å². The van der Waals surface area contributed by atoms with Gasteiger partial charge in [-0.3, -0.25) is 4.90 Å². The van der Waals surface area contributed by atoms with Crippen molar-refractivity contribution in [2.24, 2.45) is 0 Å². The molecule has 1 atom stereocenters. The molecule has 2 aliphatic rings. The van der Waals surface area contributed by atoms with Gasteiger partial charge in [-0.15, -0.1) is 0 Å². The number of piperazine rings is 1. The summed E-state index contributed by atoms with van der Waals surface area (Å²) >= 11 is 0. The van der Waals surface area contributed by atoms with Crippen molar-refractivity contribution in [1.82, 2.24) is 10.2 Å². The summed E-state index contributed by atoms with van der Waals surface area (Å²) in [4.78, 5) is 2.34. The number of ether oxygens (including phenoxy) is 4. The third-order valence-corrected chi connectivity index (χ3v) is 5.00. The molecule has 0 bridgehead atoms. The quantitative estimate of drug-likeness (QED) is 0.909. The van der Waals surface area contributed by atoms with Gasteiger partial charge in [0.05, 0.1) is 21.3 Å². The molecular formula is C20H24N2O4. The summed E-state index contributed by atoms with van der Waals surface area (Å²) in [5.74, 6) is 2.78. The second-order valence-corrected chi connectivity index (χ2v) is 6.36. The van der Waals surface area contributed by atoms with Crippen molar-refractivity contribution >= 4 is 0 Å². The van der Waals surface area contributed by atoms with E-state index >= 15 is 0 Å². The van der Waals surface area contributed by atoms with Gasteiger partial charge in [-0.2, -0.15) is 0 Å².